The molecular formula is C18H20BrN5O3S2. The highest BCUT2D eigenvalue weighted by Gasteiger charge is 2.20. The zero-order valence-electron chi connectivity index (χ0n) is 16.3. The third-order valence-corrected chi connectivity index (χ3v) is 7.42. The zero-order valence-corrected chi connectivity index (χ0v) is 19.5. The monoisotopic (exact) mass is 497 g/mol. The standard InChI is InChI=1S/C18H20BrN5O3S2/c1-10-5-13(29(26,27)24(3)4)7-14(11(10)2)21-16(25)9-28-18-22-15-6-12(19)8-20-17(15)23-18/h5-8H,9H2,1-4H3,(H,21,25)(H,20,22,23). The van der Waals surface area contributed by atoms with Gasteiger partial charge in [0.25, 0.3) is 0 Å². The molecule has 0 aliphatic carbocycles. The minimum atomic E-state index is -3.60. The molecule has 3 rings (SSSR count). The molecule has 2 aromatic heterocycles. The van der Waals surface area contributed by atoms with E-state index in [1.54, 1.807) is 12.3 Å². The van der Waals surface area contributed by atoms with E-state index in [0.29, 0.717) is 16.5 Å². The second kappa shape index (κ2) is 8.42. The molecule has 29 heavy (non-hydrogen) atoms. The van der Waals surface area contributed by atoms with Crippen LogP contribution in [0.1, 0.15) is 11.1 Å². The van der Waals surface area contributed by atoms with Gasteiger partial charge in [-0.2, -0.15) is 0 Å². The van der Waals surface area contributed by atoms with Crippen molar-refractivity contribution in [3.8, 4) is 0 Å². The molecule has 0 atom stereocenters. The van der Waals surface area contributed by atoms with E-state index in [1.165, 1.54) is 31.9 Å². The summed E-state index contributed by atoms with van der Waals surface area (Å²) in [6.45, 7) is 3.65. The van der Waals surface area contributed by atoms with Crippen molar-refractivity contribution in [1.82, 2.24) is 19.3 Å². The van der Waals surface area contributed by atoms with E-state index < -0.39 is 10.0 Å². The molecule has 0 radical (unpaired) electrons. The van der Waals surface area contributed by atoms with E-state index in [1.807, 2.05) is 19.9 Å². The molecule has 11 heteroatoms. The van der Waals surface area contributed by atoms with Crippen LogP contribution in [0, 0.1) is 13.8 Å². The van der Waals surface area contributed by atoms with Gasteiger partial charge in [0.05, 0.1) is 16.2 Å². The fraction of sp³-hybridized carbons (Fsp3) is 0.278. The van der Waals surface area contributed by atoms with Crippen molar-refractivity contribution >= 4 is 60.5 Å². The van der Waals surface area contributed by atoms with Crippen LogP contribution in [-0.2, 0) is 14.8 Å². The lowest BCUT2D eigenvalue weighted by molar-refractivity contribution is -0.113. The van der Waals surface area contributed by atoms with Gasteiger partial charge in [-0.3, -0.25) is 4.79 Å². The summed E-state index contributed by atoms with van der Waals surface area (Å²) in [6.07, 6.45) is 1.66. The topological polar surface area (TPSA) is 108 Å². The number of hydrogen-bond acceptors (Lipinski definition) is 6. The second-order valence-corrected chi connectivity index (χ2v) is 10.6. The Bertz CT molecular complexity index is 1190. The number of anilines is 1. The molecule has 0 saturated carbocycles. The van der Waals surface area contributed by atoms with Gasteiger partial charge in [-0.05, 0) is 59.1 Å². The number of sulfonamides is 1. The average Bonchev–Trinajstić information content (AvgIpc) is 3.05. The van der Waals surface area contributed by atoms with E-state index in [0.717, 1.165) is 25.4 Å². The number of H-pyrrole nitrogens is 1. The number of benzene rings is 1. The van der Waals surface area contributed by atoms with Crippen LogP contribution in [-0.4, -0.2) is 53.4 Å². The lowest BCUT2D eigenvalue weighted by Gasteiger charge is -2.16. The molecule has 8 nitrogen and oxygen atoms in total. The van der Waals surface area contributed by atoms with Gasteiger partial charge in [0.2, 0.25) is 15.9 Å². The van der Waals surface area contributed by atoms with Crippen LogP contribution in [0.4, 0.5) is 5.69 Å². The number of imidazole rings is 1. The number of pyridine rings is 1. The predicted molar refractivity (Wildman–Crippen MR) is 118 cm³/mol. The molecule has 0 aliphatic rings. The molecule has 1 amide bonds. The lowest BCUT2D eigenvalue weighted by Crippen LogP contribution is -2.23. The molecule has 3 aromatic rings. The Morgan fingerprint density at radius 3 is 2.69 bits per heavy atom. The van der Waals surface area contributed by atoms with Crippen molar-refractivity contribution in [3.05, 3.63) is 40.0 Å². The Kier molecular flexibility index (Phi) is 6.32. The number of carbonyl (C=O) groups excluding carboxylic acids is 1. The van der Waals surface area contributed by atoms with E-state index in [9.17, 15) is 13.2 Å². The first-order valence-corrected chi connectivity index (χ1v) is 11.8. The molecule has 2 heterocycles. The number of carbonyl (C=O) groups is 1. The Hall–Kier alpha value is -1.95. The first kappa shape index (κ1) is 21.8. The SMILES string of the molecule is Cc1cc(S(=O)(=O)N(C)C)cc(NC(=O)CSc2nc3ncc(Br)cc3[nH]2)c1C. The normalized spacial score (nSPS) is 11.9. The van der Waals surface area contributed by atoms with Gasteiger partial charge < -0.3 is 10.3 Å². The number of nitrogens with zero attached hydrogens (tertiary/aromatic N) is 3. The molecule has 0 aliphatic heterocycles. The van der Waals surface area contributed by atoms with Crippen molar-refractivity contribution in [2.45, 2.75) is 23.9 Å². The summed E-state index contributed by atoms with van der Waals surface area (Å²) >= 11 is 4.60. The van der Waals surface area contributed by atoms with Crippen LogP contribution in [0.2, 0.25) is 0 Å². The van der Waals surface area contributed by atoms with Crippen molar-refractivity contribution in [2.24, 2.45) is 0 Å². The first-order valence-electron chi connectivity index (χ1n) is 8.55. The van der Waals surface area contributed by atoms with Gasteiger partial charge in [-0.15, -0.1) is 0 Å². The summed E-state index contributed by atoms with van der Waals surface area (Å²) in [6, 6.07) is 4.96. The van der Waals surface area contributed by atoms with Crippen LogP contribution in [0.15, 0.2) is 38.9 Å². The largest absolute Gasteiger partial charge is 0.331 e. The van der Waals surface area contributed by atoms with Crippen molar-refractivity contribution in [2.75, 3.05) is 25.2 Å². The number of thioether (sulfide) groups is 1. The molecule has 1 aromatic carbocycles. The smallest absolute Gasteiger partial charge is 0.242 e. The third-order valence-electron chi connectivity index (χ3n) is 4.32. The molecular weight excluding hydrogens is 478 g/mol. The highest BCUT2D eigenvalue weighted by Crippen LogP contribution is 2.26. The Balaban J connectivity index is 1.75. The molecule has 154 valence electrons. The van der Waals surface area contributed by atoms with Gasteiger partial charge in [0, 0.05) is 30.5 Å². The summed E-state index contributed by atoms with van der Waals surface area (Å²) in [7, 11) is -0.652. The number of amides is 1. The van der Waals surface area contributed by atoms with Gasteiger partial charge in [-0.25, -0.2) is 22.7 Å². The Morgan fingerprint density at radius 1 is 1.28 bits per heavy atom. The van der Waals surface area contributed by atoms with Crippen LogP contribution in [0.5, 0.6) is 0 Å². The van der Waals surface area contributed by atoms with E-state index in [2.05, 4.69) is 36.2 Å². The van der Waals surface area contributed by atoms with Gasteiger partial charge >= 0.3 is 0 Å². The van der Waals surface area contributed by atoms with E-state index in [-0.39, 0.29) is 16.6 Å². The fourth-order valence-corrected chi connectivity index (χ4v) is 4.58. The molecule has 0 bridgehead atoms. The molecule has 0 fully saturated rings. The van der Waals surface area contributed by atoms with Crippen LogP contribution in [0.3, 0.4) is 0 Å². The number of aromatic nitrogens is 3. The molecule has 2 N–H and O–H groups in total. The number of rotatable bonds is 6. The highest BCUT2D eigenvalue weighted by atomic mass is 79.9. The maximum Gasteiger partial charge on any atom is 0.242 e. The fourth-order valence-electron chi connectivity index (χ4n) is 2.56. The third kappa shape index (κ3) is 4.80. The van der Waals surface area contributed by atoms with Gasteiger partial charge in [-0.1, -0.05) is 11.8 Å². The Morgan fingerprint density at radius 2 is 2.00 bits per heavy atom. The van der Waals surface area contributed by atoms with Gasteiger partial charge in [0.1, 0.15) is 0 Å². The maximum absolute atomic E-state index is 12.5. The van der Waals surface area contributed by atoms with Gasteiger partial charge in [0.15, 0.2) is 10.8 Å². The first-order chi connectivity index (χ1) is 13.6. The van der Waals surface area contributed by atoms with Crippen LogP contribution in [0.25, 0.3) is 11.2 Å². The quantitative estimate of drug-likeness (QED) is 0.505. The second-order valence-electron chi connectivity index (χ2n) is 6.60. The Labute approximate surface area is 181 Å². The average molecular weight is 498 g/mol. The highest BCUT2D eigenvalue weighted by molar-refractivity contribution is 9.10. The summed E-state index contributed by atoms with van der Waals surface area (Å²) in [5.74, 6) is -0.143. The van der Waals surface area contributed by atoms with E-state index in [4.69, 9.17) is 0 Å². The number of aromatic amines is 1. The molecule has 0 spiro atoms. The summed E-state index contributed by atoms with van der Waals surface area (Å²) in [4.78, 5) is 24.3. The van der Waals surface area contributed by atoms with Crippen LogP contribution < -0.4 is 5.32 Å². The maximum atomic E-state index is 12.5. The minimum Gasteiger partial charge on any atom is -0.331 e. The predicted octanol–water partition coefficient (Wildman–Crippen LogP) is 3.32. The number of aryl methyl sites for hydroxylation is 1. The summed E-state index contributed by atoms with van der Waals surface area (Å²) in [5, 5.41) is 3.39. The lowest BCUT2D eigenvalue weighted by atomic mass is 10.1. The molecule has 0 saturated heterocycles. The molecule has 0 unspecified atom stereocenters. The van der Waals surface area contributed by atoms with Crippen molar-refractivity contribution in [1.29, 1.82) is 0 Å². The van der Waals surface area contributed by atoms with Crippen molar-refractivity contribution < 1.29 is 13.2 Å². The summed E-state index contributed by atoms with van der Waals surface area (Å²) < 4.78 is 26.9. The minimum absolute atomic E-state index is 0.115. The number of halogens is 1. The van der Waals surface area contributed by atoms with Crippen LogP contribution >= 0.6 is 27.7 Å². The number of fused-ring (bicyclic) bond motifs is 1. The zero-order chi connectivity index (χ0) is 21.3. The number of nitrogens with one attached hydrogen (secondary N) is 2. The number of hydrogen-bond donors (Lipinski definition) is 2. The van der Waals surface area contributed by atoms with Crippen molar-refractivity contribution in [3.63, 3.8) is 0 Å². The summed E-state index contributed by atoms with van der Waals surface area (Å²) in [5.41, 5.74) is 3.43. The van der Waals surface area contributed by atoms with E-state index >= 15 is 0 Å².